The molecule has 2 fully saturated rings. The van der Waals surface area contributed by atoms with Gasteiger partial charge in [-0.25, -0.2) is 0 Å². The molecule has 0 aromatic carbocycles. The van der Waals surface area contributed by atoms with Crippen molar-refractivity contribution < 1.29 is 14.7 Å². The number of nitrogens with two attached hydrogens (primary N) is 1. The number of nitrogens with zero attached hydrogens (tertiary/aromatic N) is 1. The number of amidine groups is 1. The summed E-state index contributed by atoms with van der Waals surface area (Å²) in [6.45, 7) is 2.25. The average Bonchev–Trinajstić information content (AvgIpc) is 3.09. The number of hydrogen-bond donors (Lipinski definition) is 3. The number of carbonyl (C=O) groups excluding carboxylic acids is 1. The van der Waals surface area contributed by atoms with E-state index in [1.807, 2.05) is 0 Å². The Morgan fingerprint density at radius 2 is 2.21 bits per heavy atom. The fraction of sp³-hybridized carbons (Fsp3) is 0.846. The van der Waals surface area contributed by atoms with Crippen molar-refractivity contribution in [3.8, 4) is 0 Å². The number of oxime groups is 1. The second-order valence-corrected chi connectivity index (χ2v) is 5.55. The van der Waals surface area contributed by atoms with Crippen LogP contribution in [-0.2, 0) is 9.53 Å². The van der Waals surface area contributed by atoms with Crippen molar-refractivity contribution >= 4 is 11.7 Å². The molecule has 0 aromatic heterocycles. The molecule has 1 amide bonds. The maximum Gasteiger partial charge on any atom is 0.233 e. The lowest BCUT2D eigenvalue weighted by Crippen LogP contribution is -2.48. The van der Waals surface area contributed by atoms with Gasteiger partial charge in [0.15, 0.2) is 5.84 Å². The van der Waals surface area contributed by atoms with Gasteiger partial charge in [0.1, 0.15) is 5.41 Å². The Bertz CT molecular complexity index is 345. The molecule has 1 aliphatic carbocycles. The molecule has 1 saturated carbocycles. The lowest BCUT2D eigenvalue weighted by Gasteiger charge is -2.26. The van der Waals surface area contributed by atoms with Gasteiger partial charge in [-0.15, -0.1) is 0 Å². The van der Waals surface area contributed by atoms with Gasteiger partial charge in [0, 0.05) is 19.8 Å². The monoisotopic (exact) mass is 269 g/mol. The van der Waals surface area contributed by atoms with Gasteiger partial charge in [-0.1, -0.05) is 18.0 Å². The summed E-state index contributed by atoms with van der Waals surface area (Å²) >= 11 is 0. The number of amides is 1. The molecule has 2 rings (SSSR count). The molecular weight excluding hydrogens is 246 g/mol. The zero-order valence-corrected chi connectivity index (χ0v) is 11.2. The Hall–Kier alpha value is -1.30. The summed E-state index contributed by atoms with van der Waals surface area (Å²) < 4.78 is 5.30. The normalized spacial score (nSPS) is 26.5. The molecule has 0 radical (unpaired) electrons. The maximum absolute atomic E-state index is 12.3. The number of ether oxygens (including phenoxy) is 1. The zero-order valence-electron chi connectivity index (χ0n) is 11.2. The molecular formula is C13H23N3O3. The van der Waals surface area contributed by atoms with E-state index in [1.165, 1.54) is 0 Å². The van der Waals surface area contributed by atoms with E-state index in [4.69, 9.17) is 15.7 Å². The molecule has 0 bridgehead atoms. The summed E-state index contributed by atoms with van der Waals surface area (Å²) in [5.74, 6) is 0.495. The summed E-state index contributed by atoms with van der Waals surface area (Å²) in [6, 6.07) is 0. The molecule has 6 nitrogen and oxygen atoms in total. The summed E-state index contributed by atoms with van der Waals surface area (Å²) in [4.78, 5) is 12.3. The van der Waals surface area contributed by atoms with Gasteiger partial charge in [-0.05, 0) is 31.6 Å². The van der Waals surface area contributed by atoms with E-state index in [-0.39, 0.29) is 11.7 Å². The van der Waals surface area contributed by atoms with E-state index < -0.39 is 5.41 Å². The zero-order chi connectivity index (χ0) is 13.7. The minimum Gasteiger partial charge on any atom is -0.409 e. The van der Waals surface area contributed by atoms with Crippen LogP contribution in [0.25, 0.3) is 0 Å². The predicted octanol–water partition coefficient (Wildman–Crippen LogP) is 0.836. The maximum atomic E-state index is 12.3. The Morgan fingerprint density at radius 1 is 1.47 bits per heavy atom. The van der Waals surface area contributed by atoms with Crippen LogP contribution < -0.4 is 11.1 Å². The first-order valence-corrected chi connectivity index (χ1v) is 7.03. The third kappa shape index (κ3) is 3.00. The largest absolute Gasteiger partial charge is 0.409 e. The first-order valence-electron chi connectivity index (χ1n) is 7.03. The van der Waals surface area contributed by atoms with Crippen molar-refractivity contribution in [1.29, 1.82) is 0 Å². The first-order chi connectivity index (χ1) is 9.19. The summed E-state index contributed by atoms with van der Waals surface area (Å²) in [5, 5.41) is 14.9. The molecule has 6 heteroatoms. The molecule has 1 atom stereocenters. The van der Waals surface area contributed by atoms with Crippen LogP contribution in [-0.4, -0.2) is 36.7 Å². The number of carbonyl (C=O) groups is 1. The van der Waals surface area contributed by atoms with Crippen molar-refractivity contribution in [2.45, 2.75) is 38.5 Å². The minimum absolute atomic E-state index is 0.0479. The average molecular weight is 269 g/mol. The van der Waals surface area contributed by atoms with Crippen LogP contribution in [0.4, 0.5) is 0 Å². The lowest BCUT2D eigenvalue weighted by molar-refractivity contribution is -0.127. The highest BCUT2D eigenvalue weighted by Crippen LogP contribution is 2.38. The Kier molecular flexibility index (Phi) is 4.63. The summed E-state index contributed by atoms with van der Waals surface area (Å²) in [6.07, 6.45) is 5.22. The first kappa shape index (κ1) is 14.1. The van der Waals surface area contributed by atoms with Gasteiger partial charge in [-0.2, -0.15) is 0 Å². The second kappa shape index (κ2) is 6.23. The van der Waals surface area contributed by atoms with Crippen molar-refractivity contribution in [3.05, 3.63) is 0 Å². The molecule has 0 aromatic rings. The number of nitrogens with one attached hydrogen (secondary N) is 1. The molecule has 19 heavy (non-hydrogen) atoms. The van der Waals surface area contributed by atoms with Gasteiger partial charge < -0.3 is 21.0 Å². The molecule has 1 aliphatic heterocycles. The highest BCUT2D eigenvalue weighted by molar-refractivity contribution is 6.07. The third-order valence-electron chi connectivity index (χ3n) is 4.35. The molecule has 1 heterocycles. The highest BCUT2D eigenvalue weighted by atomic mass is 16.5. The smallest absolute Gasteiger partial charge is 0.233 e. The number of hydrogen-bond acceptors (Lipinski definition) is 4. The van der Waals surface area contributed by atoms with Crippen molar-refractivity contribution in [2.24, 2.45) is 22.2 Å². The van der Waals surface area contributed by atoms with Gasteiger partial charge in [0.05, 0.1) is 0 Å². The van der Waals surface area contributed by atoms with E-state index in [2.05, 4.69) is 10.5 Å². The molecule has 1 unspecified atom stereocenters. The van der Waals surface area contributed by atoms with Gasteiger partial charge in [-0.3, -0.25) is 4.79 Å². The van der Waals surface area contributed by atoms with Gasteiger partial charge in [0.25, 0.3) is 0 Å². The van der Waals surface area contributed by atoms with E-state index in [1.54, 1.807) is 0 Å². The van der Waals surface area contributed by atoms with E-state index in [0.29, 0.717) is 25.3 Å². The standard InChI is InChI=1S/C13H23N3O3/c14-11(16-18)13(5-1-2-6-13)12(17)15-7-3-10-4-8-19-9-10/h10,18H,1-9H2,(H2,14,16)(H,15,17). The van der Waals surface area contributed by atoms with Crippen molar-refractivity contribution in [3.63, 3.8) is 0 Å². The number of rotatable bonds is 5. The van der Waals surface area contributed by atoms with Crippen LogP contribution in [0, 0.1) is 11.3 Å². The molecule has 4 N–H and O–H groups in total. The molecule has 108 valence electrons. The summed E-state index contributed by atoms with van der Waals surface area (Å²) in [5.41, 5.74) is 4.94. The topological polar surface area (TPSA) is 96.9 Å². The Labute approximate surface area is 113 Å². The highest BCUT2D eigenvalue weighted by Gasteiger charge is 2.45. The van der Waals surface area contributed by atoms with Crippen LogP contribution in [0.5, 0.6) is 0 Å². The van der Waals surface area contributed by atoms with Gasteiger partial charge >= 0.3 is 0 Å². The quantitative estimate of drug-likeness (QED) is 0.298. The van der Waals surface area contributed by atoms with Crippen LogP contribution in [0.15, 0.2) is 5.16 Å². The fourth-order valence-corrected chi connectivity index (χ4v) is 3.04. The minimum atomic E-state index is -0.791. The molecule has 1 saturated heterocycles. The van der Waals surface area contributed by atoms with Crippen LogP contribution in [0.1, 0.15) is 38.5 Å². The van der Waals surface area contributed by atoms with E-state index in [0.717, 1.165) is 38.9 Å². The van der Waals surface area contributed by atoms with Crippen LogP contribution in [0.2, 0.25) is 0 Å². The Morgan fingerprint density at radius 3 is 2.79 bits per heavy atom. The van der Waals surface area contributed by atoms with Crippen LogP contribution in [0.3, 0.4) is 0 Å². The lowest BCUT2D eigenvalue weighted by atomic mass is 9.83. The van der Waals surface area contributed by atoms with Crippen LogP contribution >= 0.6 is 0 Å². The SMILES string of the molecule is NC(=NO)C1(C(=O)NCCC2CCOC2)CCCC1. The van der Waals surface area contributed by atoms with E-state index in [9.17, 15) is 4.79 Å². The van der Waals surface area contributed by atoms with Crippen molar-refractivity contribution in [1.82, 2.24) is 5.32 Å². The second-order valence-electron chi connectivity index (χ2n) is 5.55. The van der Waals surface area contributed by atoms with E-state index >= 15 is 0 Å². The predicted molar refractivity (Wildman–Crippen MR) is 70.9 cm³/mol. The third-order valence-corrected chi connectivity index (χ3v) is 4.35. The molecule has 0 spiro atoms. The van der Waals surface area contributed by atoms with Gasteiger partial charge in [0.2, 0.25) is 5.91 Å². The molecule has 2 aliphatic rings. The summed E-state index contributed by atoms with van der Waals surface area (Å²) in [7, 11) is 0. The van der Waals surface area contributed by atoms with Crippen molar-refractivity contribution in [2.75, 3.05) is 19.8 Å². The fourth-order valence-electron chi connectivity index (χ4n) is 3.04. The Balaban J connectivity index is 1.86.